The third-order valence-corrected chi connectivity index (χ3v) is 4.09. The monoisotopic (exact) mass is 291 g/mol. The minimum absolute atomic E-state index is 0.163. The van der Waals surface area contributed by atoms with Crippen LogP contribution < -0.4 is 10.5 Å². The number of fused-ring (bicyclic) bond motifs is 1. The molecule has 0 radical (unpaired) electrons. The molecule has 1 aliphatic heterocycles. The number of hydrogen-bond donors (Lipinski definition) is 1. The van der Waals surface area contributed by atoms with Crippen LogP contribution in [-0.2, 0) is 0 Å². The van der Waals surface area contributed by atoms with Gasteiger partial charge in [-0.1, -0.05) is 29.8 Å². The van der Waals surface area contributed by atoms with Gasteiger partial charge in [-0.3, -0.25) is 0 Å². The molecule has 1 heterocycles. The molecule has 0 bridgehead atoms. The van der Waals surface area contributed by atoms with Gasteiger partial charge in [-0.05, 0) is 30.2 Å². The highest BCUT2D eigenvalue weighted by Gasteiger charge is 2.27. The fraction of sp³-hybridized carbons (Fsp3) is 0.250. The minimum Gasteiger partial charge on any atom is -0.485 e. The molecule has 2 nitrogen and oxygen atoms in total. The Morgan fingerprint density at radius 2 is 2.05 bits per heavy atom. The Bertz CT molecular complexity index is 659. The van der Waals surface area contributed by atoms with Crippen LogP contribution in [0.2, 0.25) is 5.02 Å². The van der Waals surface area contributed by atoms with Crippen LogP contribution in [0.15, 0.2) is 36.4 Å². The van der Waals surface area contributed by atoms with Gasteiger partial charge in [-0.25, -0.2) is 4.39 Å². The molecule has 4 heteroatoms. The second-order valence-corrected chi connectivity index (χ2v) is 5.55. The summed E-state index contributed by atoms with van der Waals surface area (Å²) in [7, 11) is 0. The summed E-state index contributed by atoms with van der Waals surface area (Å²) >= 11 is 6.15. The average Bonchev–Trinajstić information content (AvgIpc) is 2.41. The maximum absolute atomic E-state index is 13.3. The van der Waals surface area contributed by atoms with Crippen LogP contribution in [-0.4, -0.2) is 0 Å². The lowest BCUT2D eigenvalue weighted by atomic mass is 9.93. The Morgan fingerprint density at radius 1 is 1.25 bits per heavy atom. The first-order valence-corrected chi connectivity index (χ1v) is 6.90. The van der Waals surface area contributed by atoms with Crippen molar-refractivity contribution in [3.05, 3.63) is 63.9 Å². The first-order valence-electron chi connectivity index (χ1n) is 6.52. The summed E-state index contributed by atoms with van der Waals surface area (Å²) in [5.41, 5.74) is 8.98. The zero-order chi connectivity index (χ0) is 14.3. The molecule has 0 amide bonds. The molecule has 2 aromatic rings. The van der Waals surface area contributed by atoms with Gasteiger partial charge >= 0.3 is 0 Å². The average molecular weight is 292 g/mol. The standard InChI is InChI=1S/C16H15ClFNO/c1-9-2-3-10(6-13(9)17)15-8-14(19)12-5-4-11(18)7-16(12)20-15/h2-7,14-15H,8,19H2,1H3/t14-,15?/m1/s1. The number of ether oxygens (including phenoxy) is 1. The maximum atomic E-state index is 13.3. The highest BCUT2D eigenvalue weighted by atomic mass is 35.5. The molecule has 2 aromatic carbocycles. The molecule has 104 valence electrons. The topological polar surface area (TPSA) is 35.2 Å². The Kier molecular flexibility index (Phi) is 3.40. The SMILES string of the molecule is Cc1ccc(C2C[C@@H](N)c3ccc(F)cc3O2)cc1Cl. The van der Waals surface area contributed by atoms with Gasteiger partial charge in [0.15, 0.2) is 0 Å². The van der Waals surface area contributed by atoms with Gasteiger partial charge in [-0.2, -0.15) is 0 Å². The molecule has 1 aliphatic rings. The number of benzene rings is 2. The number of halogens is 2. The third-order valence-electron chi connectivity index (χ3n) is 3.68. The van der Waals surface area contributed by atoms with Crippen molar-refractivity contribution in [1.29, 1.82) is 0 Å². The Hall–Kier alpha value is -1.58. The molecule has 0 saturated carbocycles. The van der Waals surface area contributed by atoms with E-state index < -0.39 is 0 Å². The van der Waals surface area contributed by atoms with E-state index in [1.807, 2.05) is 25.1 Å². The van der Waals surface area contributed by atoms with Gasteiger partial charge in [0.05, 0.1) is 0 Å². The van der Waals surface area contributed by atoms with Crippen LogP contribution in [0, 0.1) is 12.7 Å². The van der Waals surface area contributed by atoms with E-state index in [0.717, 1.165) is 16.7 Å². The first kappa shape index (κ1) is 13.4. The van der Waals surface area contributed by atoms with Gasteiger partial charge in [0.2, 0.25) is 0 Å². The summed E-state index contributed by atoms with van der Waals surface area (Å²) in [6.07, 6.45) is 0.454. The van der Waals surface area contributed by atoms with Crippen molar-refractivity contribution >= 4 is 11.6 Å². The molecular weight excluding hydrogens is 277 g/mol. The van der Waals surface area contributed by atoms with E-state index in [2.05, 4.69) is 0 Å². The maximum Gasteiger partial charge on any atom is 0.127 e. The van der Waals surface area contributed by atoms with Crippen molar-refractivity contribution in [1.82, 2.24) is 0 Å². The predicted octanol–water partition coefficient (Wildman–Crippen LogP) is 4.31. The van der Waals surface area contributed by atoms with Crippen molar-refractivity contribution in [2.45, 2.75) is 25.5 Å². The van der Waals surface area contributed by atoms with E-state index in [4.69, 9.17) is 22.1 Å². The van der Waals surface area contributed by atoms with Crippen molar-refractivity contribution in [2.24, 2.45) is 5.73 Å². The fourth-order valence-corrected chi connectivity index (χ4v) is 2.68. The normalized spacial score (nSPS) is 21.2. The third kappa shape index (κ3) is 2.39. The number of rotatable bonds is 1. The van der Waals surface area contributed by atoms with Crippen LogP contribution in [0.25, 0.3) is 0 Å². The largest absolute Gasteiger partial charge is 0.485 e. The van der Waals surface area contributed by atoms with E-state index in [-0.39, 0.29) is 18.0 Å². The van der Waals surface area contributed by atoms with Crippen LogP contribution in [0.5, 0.6) is 5.75 Å². The summed E-state index contributed by atoms with van der Waals surface area (Å²) in [5.74, 6) is 0.198. The molecule has 0 saturated heterocycles. The summed E-state index contributed by atoms with van der Waals surface area (Å²) in [4.78, 5) is 0. The molecule has 0 aromatic heterocycles. The molecule has 3 rings (SSSR count). The summed E-state index contributed by atoms with van der Waals surface area (Å²) in [5, 5.41) is 0.699. The molecule has 0 fully saturated rings. The van der Waals surface area contributed by atoms with E-state index in [1.165, 1.54) is 12.1 Å². The minimum atomic E-state index is -0.321. The van der Waals surface area contributed by atoms with Crippen molar-refractivity contribution in [3.63, 3.8) is 0 Å². The zero-order valence-electron chi connectivity index (χ0n) is 11.1. The van der Waals surface area contributed by atoms with E-state index in [0.29, 0.717) is 17.2 Å². The molecule has 0 aliphatic carbocycles. The van der Waals surface area contributed by atoms with Crippen LogP contribution in [0.1, 0.15) is 35.3 Å². The van der Waals surface area contributed by atoms with Crippen LogP contribution >= 0.6 is 11.6 Å². The summed E-state index contributed by atoms with van der Waals surface area (Å²) < 4.78 is 19.2. The molecule has 2 N–H and O–H groups in total. The quantitative estimate of drug-likeness (QED) is 0.849. The molecule has 1 unspecified atom stereocenters. The highest BCUT2D eigenvalue weighted by Crippen LogP contribution is 2.40. The second-order valence-electron chi connectivity index (χ2n) is 5.14. The van der Waals surface area contributed by atoms with Crippen molar-refractivity contribution in [3.8, 4) is 5.75 Å². The first-order chi connectivity index (χ1) is 9.54. The lowest BCUT2D eigenvalue weighted by Crippen LogP contribution is -2.24. The Balaban J connectivity index is 1.96. The van der Waals surface area contributed by atoms with Gasteiger partial charge in [-0.15, -0.1) is 0 Å². The Morgan fingerprint density at radius 3 is 2.80 bits per heavy atom. The number of hydrogen-bond acceptors (Lipinski definition) is 2. The van der Waals surface area contributed by atoms with E-state index in [9.17, 15) is 4.39 Å². The Labute approximate surface area is 122 Å². The molecular formula is C16H15ClFNO. The van der Waals surface area contributed by atoms with Crippen LogP contribution in [0.4, 0.5) is 4.39 Å². The smallest absolute Gasteiger partial charge is 0.127 e. The van der Waals surface area contributed by atoms with Gasteiger partial charge in [0.1, 0.15) is 17.7 Å². The molecule has 2 atom stereocenters. The van der Waals surface area contributed by atoms with Gasteiger partial charge in [0.25, 0.3) is 0 Å². The summed E-state index contributed by atoms with van der Waals surface area (Å²) in [6, 6.07) is 10.1. The fourth-order valence-electron chi connectivity index (χ4n) is 2.49. The van der Waals surface area contributed by atoms with Crippen LogP contribution in [0.3, 0.4) is 0 Å². The summed E-state index contributed by atoms with van der Waals surface area (Å²) in [6.45, 7) is 1.95. The van der Waals surface area contributed by atoms with Gasteiger partial charge in [0, 0.05) is 29.1 Å². The number of nitrogens with two attached hydrogens (primary N) is 1. The lowest BCUT2D eigenvalue weighted by Gasteiger charge is -2.30. The van der Waals surface area contributed by atoms with Gasteiger partial charge < -0.3 is 10.5 Å². The molecule has 20 heavy (non-hydrogen) atoms. The number of aryl methyl sites for hydroxylation is 1. The zero-order valence-corrected chi connectivity index (χ0v) is 11.8. The molecule has 0 spiro atoms. The predicted molar refractivity (Wildman–Crippen MR) is 77.5 cm³/mol. The lowest BCUT2D eigenvalue weighted by molar-refractivity contribution is 0.161. The van der Waals surface area contributed by atoms with Crippen molar-refractivity contribution in [2.75, 3.05) is 0 Å². The van der Waals surface area contributed by atoms with Crippen molar-refractivity contribution < 1.29 is 9.13 Å². The second kappa shape index (κ2) is 5.08. The van der Waals surface area contributed by atoms with E-state index >= 15 is 0 Å². The highest BCUT2D eigenvalue weighted by molar-refractivity contribution is 6.31. The van der Waals surface area contributed by atoms with E-state index in [1.54, 1.807) is 6.07 Å².